The standard InChI is InChI=1S/C15H12ClN3O2S/c16-10-6-8-22-13(10)15-18-11-4-2-1-3-9(11)14(19-15)17-7-5-12(20)21/h1-4,6,8H,5,7H2,(H,20,21)(H,17,18,19). The first-order valence-electron chi connectivity index (χ1n) is 6.61. The Morgan fingerprint density at radius 2 is 2.09 bits per heavy atom. The molecule has 0 saturated heterocycles. The Balaban J connectivity index is 2.04. The monoisotopic (exact) mass is 333 g/mol. The summed E-state index contributed by atoms with van der Waals surface area (Å²) in [6, 6.07) is 9.39. The van der Waals surface area contributed by atoms with Crippen molar-refractivity contribution in [3.8, 4) is 10.7 Å². The van der Waals surface area contributed by atoms with E-state index in [1.807, 2.05) is 29.6 Å². The lowest BCUT2D eigenvalue weighted by molar-refractivity contribution is -0.136. The minimum atomic E-state index is -0.854. The van der Waals surface area contributed by atoms with Gasteiger partial charge in [-0.2, -0.15) is 0 Å². The number of carbonyl (C=O) groups is 1. The number of para-hydroxylation sites is 1. The summed E-state index contributed by atoms with van der Waals surface area (Å²) in [6.45, 7) is 0.300. The fourth-order valence-electron chi connectivity index (χ4n) is 2.05. The quantitative estimate of drug-likeness (QED) is 0.740. The van der Waals surface area contributed by atoms with Gasteiger partial charge in [0.2, 0.25) is 0 Å². The molecule has 2 N–H and O–H groups in total. The van der Waals surface area contributed by atoms with E-state index < -0.39 is 5.97 Å². The lowest BCUT2D eigenvalue weighted by atomic mass is 10.2. The number of aliphatic carboxylic acids is 1. The molecule has 0 saturated carbocycles. The summed E-state index contributed by atoms with van der Waals surface area (Å²) in [6.07, 6.45) is 0.0213. The molecule has 0 unspecified atom stereocenters. The van der Waals surface area contributed by atoms with E-state index in [2.05, 4.69) is 15.3 Å². The number of thiophene rings is 1. The number of hydrogen-bond donors (Lipinski definition) is 2. The predicted molar refractivity (Wildman–Crippen MR) is 88.6 cm³/mol. The summed E-state index contributed by atoms with van der Waals surface area (Å²) in [4.78, 5) is 20.5. The molecule has 5 nitrogen and oxygen atoms in total. The Morgan fingerprint density at radius 1 is 1.27 bits per heavy atom. The molecule has 0 aliphatic rings. The van der Waals surface area contributed by atoms with Crippen molar-refractivity contribution in [2.75, 3.05) is 11.9 Å². The number of aromatic nitrogens is 2. The van der Waals surface area contributed by atoms with Gasteiger partial charge in [0.05, 0.1) is 21.8 Å². The van der Waals surface area contributed by atoms with E-state index in [1.54, 1.807) is 6.07 Å². The summed E-state index contributed by atoms with van der Waals surface area (Å²) in [5, 5.41) is 15.2. The minimum Gasteiger partial charge on any atom is -0.481 e. The number of halogens is 1. The zero-order chi connectivity index (χ0) is 15.5. The van der Waals surface area contributed by atoms with Crippen molar-refractivity contribution in [3.05, 3.63) is 40.7 Å². The molecule has 7 heteroatoms. The van der Waals surface area contributed by atoms with Crippen molar-refractivity contribution < 1.29 is 9.90 Å². The van der Waals surface area contributed by atoms with Gasteiger partial charge in [-0.15, -0.1) is 11.3 Å². The van der Waals surface area contributed by atoms with Crippen LogP contribution in [0.3, 0.4) is 0 Å². The zero-order valence-corrected chi connectivity index (χ0v) is 13.0. The van der Waals surface area contributed by atoms with Gasteiger partial charge in [-0.05, 0) is 23.6 Å². The van der Waals surface area contributed by atoms with Gasteiger partial charge in [0, 0.05) is 11.9 Å². The summed E-state index contributed by atoms with van der Waals surface area (Å²) in [7, 11) is 0. The summed E-state index contributed by atoms with van der Waals surface area (Å²) in [5.41, 5.74) is 0.787. The minimum absolute atomic E-state index is 0.0213. The number of hydrogen-bond acceptors (Lipinski definition) is 5. The number of nitrogens with one attached hydrogen (secondary N) is 1. The third-order valence-corrected chi connectivity index (χ3v) is 4.39. The van der Waals surface area contributed by atoms with Crippen LogP contribution in [0.25, 0.3) is 21.6 Å². The van der Waals surface area contributed by atoms with Crippen molar-refractivity contribution in [1.82, 2.24) is 9.97 Å². The van der Waals surface area contributed by atoms with Gasteiger partial charge < -0.3 is 10.4 Å². The molecule has 1 aromatic carbocycles. The Kier molecular flexibility index (Phi) is 4.22. The van der Waals surface area contributed by atoms with Crippen LogP contribution in [0.2, 0.25) is 5.02 Å². The van der Waals surface area contributed by atoms with E-state index in [1.165, 1.54) is 11.3 Å². The third-order valence-electron chi connectivity index (χ3n) is 3.05. The molecule has 0 radical (unpaired) electrons. The van der Waals surface area contributed by atoms with Crippen molar-refractivity contribution in [3.63, 3.8) is 0 Å². The fourth-order valence-corrected chi connectivity index (χ4v) is 3.13. The first-order chi connectivity index (χ1) is 10.6. The molecule has 0 bridgehead atoms. The van der Waals surface area contributed by atoms with E-state index in [0.29, 0.717) is 23.2 Å². The van der Waals surface area contributed by atoms with E-state index in [4.69, 9.17) is 16.7 Å². The Hall–Kier alpha value is -2.18. The molecule has 112 valence electrons. The predicted octanol–water partition coefficient (Wildman–Crippen LogP) is 3.90. The molecule has 22 heavy (non-hydrogen) atoms. The van der Waals surface area contributed by atoms with Crippen LogP contribution in [-0.2, 0) is 4.79 Å². The number of anilines is 1. The molecule has 0 aliphatic carbocycles. The van der Waals surface area contributed by atoms with Gasteiger partial charge in [-0.1, -0.05) is 23.7 Å². The smallest absolute Gasteiger partial charge is 0.305 e. The van der Waals surface area contributed by atoms with Crippen LogP contribution in [0.1, 0.15) is 6.42 Å². The third kappa shape index (κ3) is 3.03. The van der Waals surface area contributed by atoms with Crippen LogP contribution in [-0.4, -0.2) is 27.6 Å². The number of benzene rings is 1. The SMILES string of the molecule is O=C(O)CCNc1nc(-c2sccc2Cl)nc2ccccc12. The van der Waals surface area contributed by atoms with E-state index in [-0.39, 0.29) is 6.42 Å². The molecular weight excluding hydrogens is 322 g/mol. The summed E-state index contributed by atoms with van der Waals surface area (Å²) < 4.78 is 0. The summed E-state index contributed by atoms with van der Waals surface area (Å²) in [5.74, 6) is 0.301. The van der Waals surface area contributed by atoms with E-state index in [9.17, 15) is 4.79 Å². The van der Waals surface area contributed by atoms with Crippen LogP contribution in [0, 0.1) is 0 Å². The van der Waals surface area contributed by atoms with Crippen molar-refractivity contribution in [2.24, 2.45) is 0 Å². The van der Waals surface area contributed by atoms with Gasteiger partial charge in [0.25, 0.3) is 0 Å². The van der Waals surface area contributed by atoms with Gasteiger partial charge in [0.1, 0.15) is 5.82 Å². The van der Waals surface area contributed by atoms with Crippen molar-refractivity contribution >= 4 is 45.6 Å². The van der Waals surface area contributed by atoms with Crippen LogP contribution in [0.4, 0.5) is 5.82 Å². The number of rotatable bonds is 5. The Morgan fingerprint density at radius 3 is 2.82 bits per heavy atom. The largest absolute Gasteiger partial charge is 0.481 e. The van der Waals surface area contributed by atoms with Crippen molar-refractivity contribution in [2.45, 2.75) is 6.42 Å². The first kappa shape index (κ1) is 14.7. The Labute approximate surface area is 135 Å². The van der Waals surface area contributed by atoms with Gasteiger partial charge in [-0.3, -0.25) is 4.79 Å². The molecule has 2 heterocycles. The van der Waals surface area contributed by atoms with Crippen LogP contribution < -0.4 is 5.32 Å². The molecular formula is C15H12ClN3O2S. The first-order valence-corrected chi connectivity index (χ1v) is 7.87. The number of fused-ring (bicyclic) bond motifs is 1. The molecule has 3 aromatic rings. The summed E-state index contributed by atoms with van der Waals surface area (Å²) >= 11 is 7.63. The molecule has 0 atom stereocenters. The highest BCUT2D eigenvalue weighted by atomic mass is 35.5. The van der Waals surface area contributed by atoms with Crippen LogP contribution in [0.15, 0.2) is 35.7 Å². The van der Waals surface area contributed by atoms with Gasteiger partial charge >= 0.3 is 5.97 Å². The van der Waals surface area contributed by atoms with Crippen molar-refractivity contribution in [1.29, 1.82) is 0 Å². The van der Waals surface area contributed by atoms with Crippen LogP contribution in [0.5, 0.6) is 0 Å². The second-order valence-corrected chi connectivity index (χ2v) is 5.90. The van der Waals surface area contributed by atoms with Gasteiger partial charge in [-0.25, -0.2) is 9.97 Å². The zero-order valence-electron chi connectivity index (χ0n) is 11.4. The molecule has 0 aliphatic heterocycles. The average Bonchev–Trinajstić information content (AvgIpc) is 2.93. The van der Waals surface area contributed by atoms with E-state index >= 15 is 0 Å². The topological polar surface area (TPSA) is 75.1 Å². The fraction of sp³-hybridized carbons (Fsp3) is 0.133. The van der Waals surface area contributed by atoms with Gasteiger partial charge in [0.15, 0.2) is 5.82 Å². The lowest BCUT2D eigenvalue weighted by Gasteiger charge is -2.09. The molecule has 2 aromatic heterocycles. The maximum absolute atomic E-state index is 10.7. The number of nitrogens with zero attached hydrogens (tertiary/aromatic N) is 2. The lowest BCUT2D eigenvalue weighted by Crippen LogP contribution is -2.09. The molecule has 0 spiro atoms. The molecule has 3 rings (SSSR count). The number of carboxylic acids is 1. The maximum Gasteiger partial charge on any atom is 0.305 e. The maximum atomic E-state index is 10.7. The molecule has 0 amide bonds. The highest BCUT2D eigenvalue weighted by molar-refractivity contribution is 7.14. The number of carboxylic acid groups (broad SMARTS) is 1. The second kappa shape index (κ2) is 6.29. The normalized spacial score (nSPS) is 10.8. The Bertz CT molecular complexity index is 835. The average molecular weight is 334 g/mol. The van der Waals surface area contributed by atoms with Crippen LogP contribution >= 0.6 is 22.9 Å². The highest BCUT2D eigenvalue weighted by Crippen LogP contribution is 2.33. The second-order valence-electron chi connectivity index (χ2n) is 4.58. The molecule has 0 fully saturated rings. The highest BCUT2D eigenvalue weighted by Gasteiger charge is 2.13. The van der Waals surface area contributed by atoms with E-state index in [0.717, 1.165) is 15.8 Å².